The van der Waals surface area contributed by atoms with Gasteiger partial charge in [-0.15, -0.1) is 0 Å². The van der Waals surface area contributed by atoms with E-state index in [-0.39, 0.29) is 18.0 Å². The van der Waals surface area contributed by atoms with Crippen molar-refractivity contribution < 1.29 is 19.0 Å². The highest BCUT2D eigenvalue weighted by Gasteiger charge is 2.35. The zero-order valence-electron chi connectivity index (χ0n) is 18.9. The minimum Gasteiger partial charge on any atom is -0.493 e. The summed E-state index contributed by atoms with van der Waals surface area (Å²) in [5, 5.41) is 15.7. The van der Waals surface area contributed by atoms with Gasteiger partial charge in [0.05, 0.1) is 17.7 Å². The van der Waals surface area contributed by atoms with Crippen LogP contribution in [0.5, 0.6) is 17.2 Å². The number of ether oxygens (including phenoxy) is 3. The second kappa shape index (κ2) is 10.3. The number of carbonyl (C=O) groups excluding carboxylic acids is 1. The number of carbonyl (C=O) groups is 1. The number of amidine groups is 2. The monoisotopic (exact) mass is 498 g/mol. The summed E-state index contributed by atoms with van der Waals surface area (Å²) in [6.45, 7) is 4.56. The van der Waals surface area contributed by atoms with Crippen molar-refractivity contribution in [2.24, 2.45) is 10.1 Å². The van der Waals surface area contributed by atoms with Crippen molar-refractivity contribution in [3.05, 3.63) is 58.1 Å². The van der Waals surface area contributed by atoms with Gasteiger partial charge in [0, 0.05) is 0 Å². The Labute approximate surface area is 206 Å². The Kier molecular flexibility index (Phi) is 7.23. The van der Waals surface area contributed by atoms with Gasteiger partial charge >= 0.3 is 0 Å². The average Bonchev–Trinajstić information content (AvgIpc) is 3.24. The number of halogens is 1. The second-order valence-electron chi connectivity index (χ2n) is 7.41. The van der Waals surface area contributed by atoms with Crippen LogP contribution in [0.4, 0.5) is 0 Å². The maximum atomic E-state index is 12.6. The van der Waals surface area contributed by atoms with E-state index in [9.17, 15) is 4.79 Å². The number of methoxy groups -OCH3 is 1. The molecule has 0 bridgehead atoms. The Bertz CT molecular complexity index is 1220. The zero-order chi connectivity index (χ0) is 24.2. The van der Waals surface area contributed by atoms with Gasteiger partial charge in [0.25, 0.3) is 5.91 Å². The van der Waals surface area contributed by atoms with E-state index in [1.165, 1.54) is 23.9 Å². The van der Waals surface area contributed by atoms with Gasteiger partial charge in [-0.2, -0.15) is 15.1 Å². The Morgan fingerprint density at radius 3 is 2.62 bits per heavy atom. The first kappa shape index (κ1) is 23.8. The predicted octanol–water partition coefficient (Wildman–Crippen LogP) is 5.14. The van der Waals surface area contributed by atoms with Gasteiger partial charge in [-0.05, 0) is 61.0 Å². The summed E-state index contributed by atoms with van der Waals surface area (Å²) < 4.78 is 17.0. The second-order valence-corrected chi connectivity index (χ2v) is 8.86. The maximum Gasteiger partial charge on any atom is 0.283 e. The molecule has 34 heavy (non-hydrogen) atoms. The topological polar surface area (TPSA) is 96.6 Å². The van der Waals surface area contributed by atoms with Crippen molar-refractivity contribution in [3.8, 4) is 17.2 Å². The molecule has 2 aliphatic heterocycles. The molecule has 1 amide bonds. The van der Waals surface area contributed by atoms with E-state index in [4.69, 9.17) is 31.2 Å². The highest BCUT2D eigenvalue weighted by atomic mass is 35.5. The number of hydrogen-bond donors (Lipinski definition) is 1. The van der Waals surface area contributed by atoms with Crippen LogP contribution in [0, 0.1) is 12.3 Å². The van der Waals surface area contributed by atoms with Crippen molar-refractivity contribution in [2.45, 2.75) is 20.3 Å². The van der Waals surface area contributed by atoms with E-state index >= 15 is 0 Å². The molecule has 4 rings (SSSR count). The molecule has 0 aliphatic carbocycles. The van der Waals surface area contributed by atoms with Gasteiger partial charge in [0.15, 0.2) is 17.3 Å². The predicted molar refractivity (Wildman–Crippen MR) is 135 cm³/mol. The number of benzene rings is 2. The van der Waals surface area contributed by atoms with Crippen LogP contribution in [0.25, 0.3) is 6.08 Å². The van der Waals surface area contributed by atoms with Crippen LogP contribution < -0.4 is 14.2 Å². The summed E-state index contributed by atoms with van der Waals surface area (Å²) >= 11 is 7.77. The van der Waals surface area contributed by atoms with Crippen molar-refractivity contribution in [2.75, 3.05) is 20.3 Å². The van der Waals surface area contributed by atoms with Crippen LogP contribution in [-0.2, 0) is 4.79 Å². The van der Waals surface area contributed by atoms with Crippen molar-refractivity contribution in [1.82, 2.24) is 5.01 Å². The lowest BCUT2D eigenvalue weighted by Gasteiger charge is -2.20. The van der Waals surface area contributed by atoms with E-state index in [0.29, 0.717) is 40.3 Å². The smallest absolute Gasteiger partial charge is 0.283 e. The van der Waals surface area contributed by atoms with E-state index in [1.807, 2.05) is 38.1 Å². The lowest BCUT2D eigenvalue weighted by molar-refractivity contribution is -0.114. The first-order chi connectivity index (χ1) is 16.4. The standard InChI is InChI=1S/C24H23ClN4O4S/c1-4-20-28-29-22(26)17(23(30)27-24(29)34-20)11-15-12-18(25)21(19(13-15)31-3)33-10-9-32-16-7-5-14(2)6-8-16/h5-8,11-13,26H,4,9-10H2,1-3H3/b17-11-,26-22?. The zero-order valence-corrected chi connectivity index (χ0v) is 20.5. The lowest BCUT2D eigenvalue weighted by atomic mass is 10.1. The van der Waals surface area contributed by atoms with Gasteiger partial charge in [-0.25, -0.2) is 0 Å². The van der Waals surface area contributed by atoms with Gasteiger partial charge in [0.1, 0.15) is 24.0 Å². The number of hydrogen-bond acceptors (Lipinski definition) is 7. The molecule has 10 heteroatoms. The summed E-state index contributed by atoms with van der Waals surface area (Å²) in [6, 6.07) is 11.1. The van der Waals surface area contributed by atoms with Crippen LogP contribution in [0.1, 0.15) is 24.5 Å². The summed E-state index contributed by atoms with van der Waals surface area (Å²) in [5.74, 6) is 0.995. The Morgan fingerprint density at radius 2 is 1.91 bits per heavy atom. The van der Waals surface area contributed by atoms with Crippen molar-refractivity contribution >= 4 is 51.4 Å². The molecule has 176 valence electrons. The molecule has 1 N–H and O–H groups in total. The molecular formula is C24H23ClN4O4S. The number of amides is 1. The van der Waals surface area contributed by atoms with Gasteiger partial charge < -0.3 is 14.2 Å². The number of thioether (sulfide) groups is 1. The summed E-state index contributed by atoms with van der Waals surface area (Å²) in [6.07, 6.45) is 2.25. The molecule has 0 spiro atoms. The van der Waals surface area contributed by atoms with Gasteiger partial charge in [-0.1, -0.05) is 36.2 Å². The molecule has 2 aromatic rings. The van der Waals surface area contributed by atoms with E-state index < -0.39 is 5.91 Å². The third-order valence-corrected chi connectivity index (χ3v) is 6.31. The first-order valence-corrected chi connectivity index (χ1v) is 11.8. The third kappa shape index (κ3) is 5.10. The number of hydrazone groups is 1. The summed E-state index contributed by atoms with van der Waals surface area (Å²) in [7, 11) is 1.51. The molecule has 2 aliphatic rings. The quantitative estimate of drug-likeness (QED) is 0.399. The van der Waals surface area contributed by atoms with Gasteiger partial charge in [0.2, 0.25) is 5.17 Å². The van der Waals surface area contributed by atoms with Crippen LogP contribution >= 0.6 is 23.4 Å². The highest BCUT2D eigenvalue weighted by Crippen LogP contribution is 2.37. The van der Waals surface area contributed by atoms with E-state index in [1.54, 1.807) is 18.2 Å². The maximum absolute atomic E-state index is 12.6. The molecule has 0 fully saturated rings. The molecule has 8 nitrogen and oxygen atoms in total. The van der Waals surface area contributed by atoms with Gasteiger partial charge in [-0.3, -0.25) is 10.2 Å². The first-order valence-electron chi connectivity index (χ1n) is 10.6. The number of aliphatic imine (C=N–C) groups is 1. The fraction of sp³-hybridized carbons (Fsp3) is 0.250. The molecule has 0 radical (unpaired) electrons. The van der Waals surface area contributed by atoms with E-state index in [0.717, 1.165) is 16.4 Å². The number of fused-ring (bicyclic) bond motifs is 1. The average molecular weight is 499 g/mol. The van der Waals surface area contributed by atoms with Crippen LogP contribution in [-0.4, -0.2) is 47.3 Å². The molecule has 0 saturated heterocycles. The molecule has 2 heterocycles. The minimum absolute atomic E-state index is 0.0328. The third-order valence-electron chi connectivity index (χ3n) is 4.98. The molecular weight excluding hydrogens is 476 g/mol. The molecule has 0 saturated carbocycles. The number of nitrogens with zero attached hydrogens (tertiary/aromatic N) is 3. The fourth-order valence-corrected chi connectivity index (χ4v) is 4.34. The number of aryl methyl sites for hydroxylation is 1. The Hall–Kier alpha value is -3.30. The SMILES string of the molecule is CCC1=NN2C(=N)/C(=C/c3cc(Cl)c(OCCOc4ccc(C)cc4)c(OC)c3)C(=O)N=C2S1. The fourth-order valence-electron chi connectivity index (χ4n) is 3.24. The molecule has 0 unspecified atom stereocenters. The molecule has 0 aromatic heterocycles. The normalized spacial score (nSPS) is 16.4. The summed E-state index contributed by atoms with van der Waals surface area (Å²) in [4.78, 5) is 16.6. The van der Waals surface area contributed by atoms with Crippen LogP contribution in [0.15, 0.2) is 52.1 Å². The number of nitrogens with one attached hydrogen (secondary N) is 1. The van der Waals surface area contributed by atoms with Crippen molar-refractivity contribution in [1.29, 1.82) is 5.41 Å². The molecule has 0 atom stereocenters. The lowest BCUT2D eigenvalue weighted by Crippen LogP contribution is -2.35. The Morgan fingerprint density at radius 1 is 1.18 bits per heavy atom. The largest absolute Gasteiger partial charge is 0.493 e. The molecule has 2 aromatic carbocycles. The highest BCUT2D eigenvalue weighted by molar-refractivity contribution is 8.26. The van der Waals surface area contributed by atoms with Crippen LogP contribution in [0.2, 0.25) is 5.02 Å². The minimum atomic E-state index is -0.500. The summed E-state index contributed by atoms with van der Waals surface area (Å²) in [5.41, 5.74) is 1.84. The van der Waals surface area contributed by atoms with E-state index in [2.05, 4.69) is 10.1 Å². The van der Waals surface area contributed by atoms with Crippen LogP contribution in [0.3, 0.4) is 0 Å². The van der Waals surface area contributed by atoms with Crippen molar-refractivity contribution in [3.63, 3.8) is 0 Å². The Balaban J connectivity index is 1.48. The number of rotatable bonds is 8.